The molecule has 0 radical (unpaired) electrons. The third-order valence-electron chi connectivity index (χ3n) is 1.93. The van der Waals surface area contributed by atoms with Crippen LogP contribution < -0.4 is 5.32 Å². The second kappa shape index (κ2) is 10.0. The van der Waals surface area contributed by atoms with E-state index in [-0.39, 0.29) is 13.2 Å². The molecule has 0 aromatic heterocycles. The molecule has 0 fully saturated rings. The first kappa shape index (κ1) is 14.5. The first-order chi connectivity index (χ1) is 7.79. The van der Waals surface area contributed by atoms with Crippen LogP contribution in [0.4, 0.5) is 0 Å². The predicted molar refractivity (Wildman–Crippen MR) is 66.8 cm³/mol. The highest BCUT2D eigenvalue weighted by molar-refractivity contribution is 5.34. The first-order valence-electron chi connectivity index (χ1n) is 5.10. The van der Waals surface area contributed by atoms with Gasteiger partial charge in [-0.2, -0.15) is 0 Å². The minimum atomic E-state index is -0.0207. The molecule has 0 saturated carbocycles. The molecule has 88 valence electrons. The van der Waals surface area contributed by atoms with E-state index in [1.165, 1.54) is 0 Å². The Morgan fingerprint density at radius 2 is 2.25 bits per heavy atom. The van der Waals surface area contributed by atoms with Gasteiger partial charge in [0.15, 0.2) is 0 Å². The van der Waals surface area contributed by atoms with Crippen LogP contribution in [0.3, 0.4) is 0 Å². The van der Waals surface area contributed by atoms with Crippen molar-refractivity contribution in [2.24, 2.45) is 0 Å². The van der Waals surface area contributed by atoms with Crippen molar-refractivity contribution in [3.8, 4) is 12.3 Å². The SMILES string of the molecule is C#CCOCC(=C/C)/C(=C\C=C\NC)CO. The van der Waals surface area contributed by atoms with Crippen LogP contribution in [0.15, 0.2) is 35.6 Å². The van der Waals surface area contributed by atoms with Gasteiger partial charge in [0.05, 0.1) is 13.2 Å². The summed E-state index contributed by atoms with van der Waals surface area (Å²) in [5.74, 6) is 2.40. The van der Waals surface area contributed by atoms with Crippen LogP contribution in [0.2, 0.25) is 0 Å². The Bertz CT molecular complexity index is 308. The number of terminal acetylenes is 1. The summed E-state index contributed by atoms with van der Waals surface area (Å²) in [7, 11) is 1.82. The van der Waals surface area contributed by atoms with E-state index in [4.69, 9.17) is 11.2 Å². The van der Waals surface area contributed by atoms with Crippen LogP contribution >= 0.6 is 0 Å². The highest BCUT2D eigenvalue weighted by atomic mass is 16.5. The summed E-state index contributed by atoms with van der Waals surface area (Å²) in [6.07, 6.45) is 12.4. The fourth-order valence-corrected chi connectivity index (χ4v) is 1.10. The van der Waals surface area contributed by atoms with Gasteiger partial charge in [0.1, 0.15) is 6.61 Å². The Hall–Kier alpha value is -1.50. The third-order valence-corrected chi connectivity index (χ3v) is 1.93. The smallest absolute Gasteiger partial charge is 0.107 e. The second-order valence-electron chi connectivity index (χ2n) is 3.01. The molecule has 0 atom stereocenters. The molecule has 0 aliphatic rings. The fourth-order valence-electron chi connectivity index (χ4n) is 1.10. The van der Waals surface area contributed by atoms with Crippen LogP contribution in [0.25, 0.3) is 0 Å². The minimum Gasteiger partial charge on any atom is -0.394 e. The maximum absolute atomic E-state index is 9.22. The van der Waals surface area contributed by atoms with Crippen LogP contribution in [-0.4, -0.2) is 32.0 Å². The highest BCUT2D eigenvalue weighted by Crippen LogP contribution is 2.10. The molecule has 0 unspecified atom stereocenters. The minimum absolute atomic E-state index is 0.0207. The summed E-state index contributed by atoms with van der Waals surface area (Å²) in [5.41, 5.74) is 1.77. The molecule has 0 aromatic rings. The second-order valence-corrected chi connectivity index (χ2v) is 3.01. The summed E-state index contributed by atoms with van der Waals surface area (Å²) < 4.78 is 5.23. The fraction of sp³-hybridized carbons (Fsp3) is 0.385. The average Bonchev–Trinajstić information content (AvgIpc) is 2.31. The molecule has 0 aliphatic carbocycles. The maximum Gasteiger partial charge on any atom is 0.107 e. The van der Waals surface area contributed by atoms with E-state index in [0.717, 1.165) is 11.1 Å². The molecule has 0 aromatic carbocycles. The normalized spacial score (nSPS) is 12.9. The Morgan fingerprint density at radius 1 is 1.50 bits per heavy atom. The number of nitrogens with one attached hydrogen (secondary N) is 1. The maximum atomic E-state index is 9.22. The van der Waals surface area contributed by atoms with Crippen LogP contribution in [0, 0.1) is 12.3 Å². The number of ether oxygens (including phenoxy) is 1. The zero-order chi connectivity index (χ0) is 12.2. The molecule has 0 aliphatic heterocycles. The Balaban J connectivity index is 4.46. The monoisotopic (exact) mass is 221 g/mol. The van der Waals surface area contributed by atoms with E-state index in [2.05, 4.69) is 11.2 Å². The van der Waals surface area contributed by atoms with Crippen LogP contribution in [-0.2, 0) is 4.74 Å². The highest BCUT2D eigenvalue weighted by Gasteiger charge is 2.02. The van der Waals surface area contributed by atoms with Gasteiger partial charge in [0.25, 0.3) is 0 Å². The van der Waals surface area contributed by atoms with Crippen molar-refractivity contribution in [1.82, 2.24) is 5.32 Å². The van der Waals surface area contributed by atoms with Crippen molar-refractivity contribution >= 4 is 0 Å². The van der Waals surface area contributed by atoms with Crippen molar-refractivity contribution in [1.29, 1.82) is 0 Å². The molecule has 0 amide bonds. The van der Waals surface area contributed by atoms with Gasteiger partial charge in [-0.1, -0.05) is 18.1 Å². The molecule has 2 N–H and O–H groups in total. The molecular weight excluding hydrogens is 202 g/mol. The summed E-state index contributed by atoms with van der Waals surface area (Å²) in [4.78, 5) is 0. The van der Waals surface area contributed by atoms with E-state index in [9.17, 15) is 5.11 Å². The van der Waals surface area contributed by atoms with Crippen LogP contribution in [0.5, 0.6) is 0 Å². The zero-order valence-electron chi connectivity index (χ0n) is 9.86. The number of aliphatic hydroxyl groups is 1. The van der Waals surface area contributed by atoms with Gasteiger partial charge in [-0.15, -0.1) is 6.42 Å². The Morgan fingerprint density at radius 3 is 2.75 bits per heavy atom. The molecule has 3 nitrogen and oxygen atoms in total. The molecular formula is C13H19NO2. The summed E-state index contributed by atoms with van der Waals surface area (Å²) in [5, 5.41) is 12.1. The topological polar surface area (TPSA) is 41.5 Å². The molecule has 0 bridgehead atoms. The number of rotatable bonds is 7. The third kappa shape index (κ3) is 6.07. The van der Waals surface area contributed by atoms with Crippen molar-refractivity contribution < 1.29 is 9.84 Å². The number of allylic oxidation sites excluding steroid dienone is 3. The van der Waals surface area contributed by atoms with Gasteiger partial charge in [0, 0.05) is 7.05 Å². The van der Waals surface area contributed by atoms with Gasteiger partial charge in [-0.05, 0) is 30.3 Å². The molecule has 0 spiro atoms. The van der Waals surface area contributed by atoms with Crippen molar-refractivity contribution in [2.45, 2.75) is 6.92 Å². The zero-order valence-corrected chi connectivity index (χ0v) is 9.86. The number of aliphatic hydroxyl groups excluding tert-OH is 1. The molecule has 3 heteroatoms. The van der Waals surface area contributed by atoms with Crippen LogP contribution in [0.1, 0.15) is 6.92 Å². The average molecular weight is 221 g/mol. The van der Waals surface area contributed by atoms with Gasteiger partial charge >= 0.3 is 0 Å². The van der Waals surface area contributed by atoms with Gasteiger partial charge in [0.2, 0.25) is 0 Å². The summed E-state index contributed by atoms with van der Waals surface area (Å²) in [6, 6.07) is 0. The molecule has 0 heterocycles. The van der Waals surface area contributed by atoms with Crippen molar-refractivity contribution in [2.75, 3.05) is 26.9 Å². The molecule has 0 saturated heterocycles. The number of hydrogen-bond donors (Lipinski definition) is 2. The largest absolute Gasteiger partial charge is 0.394 e. The quantitative estimate of drug-likeness (QED) is 0.386. The lowest BCUT2D eigenvalue weighted by atomic mass is 10.1. The van der Waals surface area contributed by atoms with E-state index < -0.39 is 0 Å². The van der Waals surface area contributed by atoms with E-state index in [1.54, 1.807) is 6.20 Å². The number of hydrogen-bond acceptors (Lipinski definition) is 3. The van der Waals surface area contributed by atoms with Gasteiger partial charge in [-0.25, -0.2) is 0 Å². The van der Waals surface area contributed by atoms with E-state index >= 15 is 0 Å². The standard InChI is InChI=1S/C13H19NO2/c1-4-9-16-11-12(5-2)13(10-15)7-6-8-14-3/h1,5-8,14-15H,9-11H2,2-3H3/b8-6+,12-5-,13-7-. The lowest BCUT2D eigenvalue weighted by Crippen LogP contribution is -2.04. The Kier molecular flexibility index (Phi) is 9.09. The van der Waals surface area contributed by atoms with Gasteiger partial charge < -0.3 is 15.2 Å². The Labute approximate surface area is 97.5 Å². The molecule has 16 heavy (non-hydrogen) atoms. The lowest BCUT2D eigenvalue weighted by molar-refractivity contribution is 0.191. The summed E-state index contributed by atoms with van der Waals surface area (Å²) in [6.45, 7) is 2.58. The predicted octanol–water partition coefficient (Wildman–Crippen LogP) is 1.23. The lowest BCUT2D eigenvalue weighted by Gasteiger charge is -2.08. The van der Waals surface area contributed by atoms with Crippen molar-refractivity contribution in [3.05, 3.63) is 35.6 Å². The van der Waals surface area contributed by atoms with Gasteiger partial charge in [-0.3, -0.25) is 0 Å². The van der Waals surface area contributed by atoms with E-state index in [1.807, 2.05) is 32.2 Å². The summed E-state index contributed by atoms with van der Waals surface area (Å²) >= 11 is 0. The van der Waals surface area contributed by atoms with Crippen molar-refractivity contribution in [3.63, 3.8) is 0 Å². The van der Waals surface area contributed by atoms with E-state index in [0.29, 0.717) is 6.61 Å². The molecule has 0 rings (SSSR count). The first-order valence-corrected chi connectivity index (χ1v) is 5.10.